The maximum Gasteiger partial charge on any atom is 0.227 e. The van der Waals surface area contributed by atoms with Gasteiger partial charge >= 0.3 is 0 Å². The van der Waals surface area contributed by atoms with Gasteiger partial charge in [0.15, 0.2) is 9.84 Å². The van der Waals surface area contributed by atoms with Gasteiger partial charge in [0, 0.05) is 23.2 Å². The molecule has 0 bridgehead atoms. The molecule has 1 amide bonds. The van der Waals surface area contributed by atoms with Crippen LogP contribution in [0.15, 0.2) is 48.5 Å². The zero-order valence-electron chi connectivity index (χ0n) is 14.1. The molecule has 4 nitrogen and oxygen atoms in total. The Labute approximate surface area is 157 Å². The second kappa shape index (κ2) is 7.76. The molecule has 1 aliphatic heterocycles. The molecular formula is C19H19ClFNO3S. The van der Waals surface area contributed by atoms with E-state index in [2.05, 4.69) is 0 Å². The smallest absolute Gasteiger partial charge is 0.227 e. The summed E-state index contributed by atoms with van der Waals surface area (Å²) in [7, 11) is -3.15. The van der Waals surface area contributed by atoms with Gasteiger partial charge in [0.05, 0.1) is 17.9 Å². The first-order valence-electron chi connectivity index (χ1n) is 8.32. The van der Waals surface area contributed by atoms with Gasteiger partial charge in [0.1, 0.15) is 5.82 Å². The fraction of sp³-hybridized carbons (Fsp3) is 0.316. The van der Waals surface area contributed by atoms with Crippen molar-refractivity contribution >= 4 is 27.3 Å². The van der Waals surface area contributed by atoms with Crippen molar-refractivity contribution in [2.45, 2.75) is 25.4 Å². The van der Waals surface area contributed by atoms with Crippen LogP contribution in [0.1, 0.15) is 17.5 Å². The summed E-state index contributed by atoms with van der Waals surface area (Å²) in [4.78, 5) is 14.5. The maximum absolute atomic E-state index is 14.1. The molecule has 0 N–H and O–H groups in total. The molecule has 1 aliphatic rings. The molecule has 2 aromatic rings. The van der Waals surface area contributed by atoms with E-state index in [0.717, 1.165) is 5.56 Å². The number of hydrogen-bond acceptors (Lipinski definition) is 3. The number of nitrogens with zero attached hydrogens (tertiary/aromatic N) is 1. The first-order valence-corrected chi connectivity index (χ1v) is 10.5. The Morgan fingerprint density at radius 3 is 2.50 bits per heavy atom. The summed E-state index contributed by atoms with van der Waals surface area (Å²) in [6.45, 7) is 0.284. The van der Waals surface area contributed by atoms with Gasteiger partial charge in [0.2, 0.25) is 5.91 Å². The van der Waals surface area contributed by atoms with Crippen LogP contribution in [0.25, 0.3) is 0 Å². The number of halogens is 2. The van der Waals surface area contributed by atoms with Gasteiger partial charge in [0.25, 0.3) is 0 Å². The lowest BCUT2D eigenvalue weighted by Gasteiger charge is -2.29. The van der Waals surface area contributed by atoms with Crippen LogP contribution in [-0.4, -0.2) is 36.8 Å². The van der Waals surface area contributed by atoms with Crippen molar-refractivity contribution in [3.63, 3.8) is 0 Å². The number of hydrogen-bond donors (Lipinski definition) is 0. The van der Waals surface area contributed by atoms with Crippen LogP contribution >= 0.6 is 11.6 Å². The summed E-state index contributed by atoms with van der Waals surface area (Å²) < 4.78 is 37.8. The van der Waals surface area contributed by atoms with E-state index in [4.69, 9.17) is 11.6 Å². The van der Waals surface area contributed by atoms with Crippen molar-refractivity contribution in [1.82, 2.24) is 4.90 Å². The third-order valence-corrected chi connectivity index (χ3v) is 6.66. The van der Waals surface area contributed by atoms with Crippen molar-refractivity contribution in [2.75, 3.05) is 11.5 Å². The van der Waals surface area contributed by atoms with Crippen molar-refractivity contribution < 1.29 is 17.6 Å². The van der Waals surface area contributed by atoms with Crippen molar-refractivity contribution in [3.05, 3.63) is 70.5 Å². The monoisotopic (exact) mass is 395 g/mol. The number of carbonyl (C=O) groups is 1. The highest BCUT2D eigenvalue weighted by molar-refractivity contribution is 7.91. The summed E-state index contributed by atoms with van der Waals surface area (Å²) in [5.74, 6) is -0.861. The highest BCUT2D eigenvalue weighted by Gasteiger charge is 2.35. The van der Waals surface area contributed by atoms with Gasteiger partial charge in [-0.05, 0) is 24.1 Å². The van der Waals surface area contributed by atoms with E-state index in [1.165, 1.54) is 18.2 Å². The van der Waals surface area contributed by atoms with Crippen LogP contribution in [0, 0.1) is 5.82 Å². The van der Waals surface area contributed by atoms with Gasteiger partial charge < -0.3 is 4.90 Å². The van der Waals surface area contributed by atoms with Crippen LogP contribution in [0.2, 0.25) is 5.02 Å². The Morgan fingerprint density at radius 1 is 1.15 bits per heavy atom. The topological polar surface area (TPSA) is 54.5 Å². The first kappa shape index (κ1) is 18.9. The fourth-order valence-electron chi connectivity index (χ4n) is 3.18. The largest absolute Gasteiger partial charge is 0.334 e. The fourth-order valence-corrected chi connectivity index (χ4v) is 5.14. The molecule has 1 saturated heterocycles. The molecule has 1 atom stereocenters. The van der Waals surface area contributed by atoms with Crippen molar-refractivity contribution in [1.29, 1.82) is 0 Å². The Bertz CT molecular complexity index is 882. The van der Waals surface area contributed by atoms with E-state index in [-0.39, 0.29) is 41.0 Å². The molecule has 0 aromatic heterocycles. The zero-order valence-corrected chi connectivity index (χ0v) is 15.6. The maximum atomic E-state index is 14.1. The number of benzene rings is 2. The van der Waals surface area contributed by atoms with E-state index in [1.54, 1.807) is 4.90 Å². The average molecular weight is 396 g/mol. The van der Waals surface area contributed by atoms with E-state index in [9.17, 15) is 17.6 Å². The van der Waals surface area contributed by atoms with Crippen LogP contribution in [0.3, 0.4) is 0 Å². The van der Waals surface area contributed by atoms with Gasteiger partial charge in [-0.1, -0.05) is 48.0 Å². The van der Waals surface area contributed by atoms with E-state index in [0.29, 0.717) is 6.42 Å². The van der Waals surface area contributed by atoms with E-state index in [1.807, 2.05) is 30.3 Å². The summed E-state index contributed by atoms with van der Waals surface area (Å²) in [5.41, 5.74) is 1.03. The minimum Gasteiger partial charge on any atom is -0.334 e. The van der Waals surface area contributed by atoms with E-state index < -0.39 is 21.7 Å². The van der Waals surface area contributed by atoms with Crippen molar-refractivity contribution in [3.8, 4) is 0 Å². The normalized spacial score (nSPS) is 18.6. The lowest BCUT2D eigenvalue weighted by molar-refractivity contribution is -0.133. The zero-order chi connectivity index (χ0) is 18.7. The Balaban J connectivity index is 1.86. The van der Waals surface area contributed by atoms with Crippen LogP contribution in [0.5, 0.6) is 0 Å². The summed E-state index contributed by atoms with van der Waals surface area (Å²) in [6.07, 6.45) is 0.195. The van der Waals surface area contributed by atoms with Gasteiger partial charge in [-0.25, -0.2) is 12.8 Å². The molecule has 0 radical (unpaired) electrons. The van der Waals surface area contributed by atoms with E-state index >= 15 is 0 Å². The third-order valence-electron chi connectivity index (χ3n) is 4.55. The average Bonchev–Trinajstić information content (AvgIpc) is 2.96. The standard InChI is InChI=1S/C19H19ClFNO3S/c20-17-7-4-8-18(21)16(17)11-19(23)22(12-14-5-2-1-3-6-14)15-9-10-26(24,25)13-15/h1-8,15H,9-13H2. The number of sulfone groups is 1. The SMILES string of the molecule is O=C(Cc1c(F)cccc1Cl)N(Cc1ccccc1)C1CCS(=O)(=O)C1. The molecule has 1 fully saturated rings. The molecule has 1 unspecified atom stereocenters. The summed E-state index contributed by atoms with van der Waals surface area (Å²) in [6, 6.07) is 13.2. The number of rotatable bonds is 5. The van der Waals surface area contributed by atoms with Crippen molar-refractivity contribution in [2.24, 2.45) is 0 Å². The van der Waals surface area contributed by atoms with Crippen LogP contribution < -0.4 is 0 Å². The predicted molar refractivity (Wildman–Crippen MR) is 99.2 cm³/mol. The molecule has 26 heavy (non-hydrogen) atoms. The second-order valence-electron chi connectivity index (χ2n) is 6.44. The number of amides is 1. The molecule has 3 rings (SSSR count). The second-order valence-corrected chi connectivity index (χ2v) is 9.08. The summed E-state index contributed by atoms with van der Waals surface area (Å²) >= 11 is 6.04. The predicted octanol–water partition coefficient (Wildman–Crippen LogP) is 3.24. The van der Waals surface area contributed by atoms with Gasteiger partial charge in [-0.3, -0.25) is 4.79 Å². The highest BCUT2D eigenvalue weighted by atomic mass is 35.5. The molecule has 0 spiro atoms. The molecule has 2 aromatic carbocycles. The molecule has 0 aliphatic carbocycles. The Kier molecular flexibility index (Phi) is 5.63. The van der Waals surface area contributed by atoms with Crippen LogP contribution in [-0.2, 0) is 27.6 Å². The lowest BCUT2D eigenvalue weighted by atomic mass is 10.1. The molecule has 0 saturated carbocycles. The lowest BCUT2D eigenvalue weighted by Crippen LogP contribution is -2.41. The minimum atomic E-state index is -3.15. The van der Waals surface area contributed by atoms with Gasteiger partial charge in [-0.2, -0.15) is 0 Å². The van der Waals surface area contributed by atoms with Gasteiger partial charge in [-0.15, -0.1) is 0 Å². The third kappa shape index (κ3) is 4.43. The van der Waals surface area contributed by atoms with Crippen LogP contribution in [0.4, 0.5) is 4.39 Å². The first-order chi connectivity index (χ1) is 12.4. The summed E-state index contributed by atoms with van der Waals surface area (Å²) in [5, 5.41) is 0.192. The highest BCUT2D eigenvalue weighted by Crippen LogP contribution is 2.24. The number of carbonyl (C=O) groups excluding carboxylic acids is 1. The molecule has 1 heterocycles. The molecule has 138 valence electrons. The molecular weight excluding hydrogens is 377 g/mol. The quantitative estimate of drug-likeness (QED) is 0.781. The Hall–Kier alpha value is -1.92. The molecule has 7 heteroatoms. The Morgan fingerprint density at radius 2 is 1.88 bits per heavy atom. The minimum absolute atomic E-state index is 0.0590.